The molecule has 0 bridgehead atoms. The van der Waals surface area contributed by atoms with Crippen molar-refractivity contribution in [3.05, 3.63) is 0 Å². The van der Waals surface area contributed by atoms with Crippen LogP contribution in [0.2, 0.25) is 0 Å². The van der Waals surface area contributed by atoms with Gasteiger partial charge >= 0.3 is 0 Å². The molecule has 0 heterocycles. The molecular formula is C5H16. The largest absolute Gasteiger partial charge is 0.0654 e. The summed E-state index contributed by atoms with van der Waals surface area (Å²) in [5.74, 6) is 0. The van der Waals surface area contributed by atoms with Crippen molar-refractivity contribution in [2.75, 3.05) is 0 Å². The Morgan fingerprint density at radius 2 is 1.60 bits per heavy atom. The molecule has 0 spiro atoms. The summed E-state index contributed by atoms with van der Waals surface area (Å²) >= 11 is 0. The van der Waals surface area contributed by atoms with Gasteiger partial charge in [0.15, 0.2) is 0 Å². The number of hydrogen-bond acceptors (Lipinski definition) is 0. The number of hydrogen-bond donors (Lipinski definition) is 0. The maximum atomic E-state index is 2.21. The van der Waals surface area contributed by atoms with Crippen LogP contribution in [0.15, 0.2) is 0 Å². The third-order valence-corrected chi connectivity index (χ3v) is 0.707. The number of rotatable bonds is 2. The Morgan fingerprint density at radius 3 is 1.60 bits per heavy atom. The summed E-state index contributed by atoms with van der Waals surface area (Å²) in [6.45, 7) is 4.42. The van der Waals surface area contributed by atoms with Gasteiger partial charge in [-0.1, -0.05) is 33.1 Å². The fourth-order valence-electron chi connectivity index (χ4n) is 0.354. The summed E-state index contributed by atoms with van der Waals surface area (Å²) in [7, 11) is 0. The lowest BCUT2D eigenvalue weighted by Gasteiger charge is -1.79. The fraction of sp³-hybridized carbons (Fsp3) is 1.00. The molecule has 0 atom stereocenters. The molecule has 0 amide bonds. The molecule has 0 aromatic carbocycles. The lowest BCUT2D eigenvalue weighted by Crippen LogP contribution is -1.59. The summed E-state index contributed by atoms with van der Waals surface area (Å²) in [5, 5.41) is 0. The van der Waals surface area contributed by atoms with Crippen molar-refractivity contribution >= 4 is 0 Å². The van der Waals surface area contributed by atoms with E-state index < -0.39 is 0 Å². The van der Waals surface area contributed by atoms with Crippen LogP contribution in [0.4, 0.5) is 0 Å². The van der Waals surface area contributed by atoms with Gasteiger partial charge in [-0.25, -0.2) is 0 Å². The summed E-state index contributed by atoms with van der Waals surface area (Å²) in [5.41, 5.74) is 0. The minimum absolute atomic E-state index is 0. The molecule has 0 aliphatic heterocycles. The van der Waals surface area contributed by atoms with Gasteiger partial charge < -0.3 is 0 Å². The van der Waals surface area contributed by atoms with Gasteiger partial charge in [0.05, 0.1) is 0 Å². The Bertz CT molecular complexity index is 13.6. The minimum atomic E-state index is 0. The second-order valence-corrected chi connectivity index (χ2v) is 1.35. The van der Waals surface area contributed by atoms with E-state index in [1.807, 2.05) is 0 Å². The third kappa shape index (κ3) is 4.00. The molecular weight excluding hydrogens is 60.1 g/mol. The summed E-state index contributed by atoms with van der Waals surface area (Å²) in [6.07, 6.45) is 4.08. The van der Waals surface area contributed by atoms with E-state index in [1.165, 1.54) is 19.3 Å². The van der Waals surface area contributed by atoms with Gasteiger partial charge in [0.25, 0.3) is 0 Å². The maximum absolute atomic E-state index is 2.21. The van der Waals surface area contributed by atoms with Crippen molar-refractivity contribution in [2.24, 2.45) is 0 Å². The van der Waals surface area contributed by atoms with E-state index in [9.17, 15) is 0 Å². The van der Waals surface area contributed by atoms with Gasteiger partial charge in [-0.05, 0) is 0 Å². The molecule has 0 aromatic rings. The molecule has 0 saturated heterocycles. The van der Waals surface area contributed by atoms with E-state index in [-0.39, 0.29) is 2.85 Å². The smallest absolute Gasteiger partial charge is 0 e. The Kier molecular flexibility index (Phi) is 4.00. The topological polar surface area (TPSA) is 0 Å². The first-order valence-corrected chi connectivity index (χ1v) is 2.41. The monoisotopic (exact) mass is 76.1 g/mol. The van der Waals surface area contributed by atoms with E-state index in [1.54, 1.807) is 0 Å². The minimum Gasteiger partial charge on any atom is -0.0654 e. The zero-order valence-electron chi connectivity index (χ0n) is 4.12. The number of unbranched alkanes of at least 4 members (excludes halogenated alkanes) is 2. The highest BCUT2D eigenvalue weighted by Gasteiger charge is 1.68. The SMILES string of the molecule is CCCCC.[HH].[HH]. The molecule has 0 heteroatoms. The first kappa shape index (κ1) is 5.00. The predicted octanol–water partition coefficient (Wildman–Crippen LogP) is 2.69. The van der Waals surface area contributed by atoms with Crippen molar-refractivity contribution in [3.63, 3.8) is 0 Å². The van der Waals surface area contributed by atoms with Crippen molar-refractivity contribution in [1.29, 1.82) is 0 Å². The van der Waals surface area contributed by atoms with E-state index in [4.69, 9.17) is 0 Å². The average Bonchev–Trinajstić information content (AvgIpc) is 1.41. The van der Waals surface area contributed by atoms with Gasteiger partial charge in [-0.2, -0.15) is 0 Å². The molecule has 36 valence electrons. The van der Waals surface area contributed by atoms with Crippen molar-refractivity contribution in [1.82, 2.24) is 0 Å². The standard InChI is InChI=1S/C5H12.2H2/c1-3-5-4-2;;/h3-5H2,1-2H3;2*1H. The highest BCUT2D eigenvalue weighted by atomic mass is 13.7. The molecule has 0 aromatic heterocycles. The van der Waals surface area contributed by atoms with Crippen LogP contribution in [0.25, 0.3) is 0 Å². The van der Waals surface area contributed by atoms with Crippen LogP contribution in [-0.4, -0.2) is 0 Å². The molecule has 5 heavy (non-hydrogen) atoms. The van der Waals surface area contributed by atoms with Crippen LogP contribution < -0.4 is 0 Å². The Morgan fingerprint density at radius 1 is 1.20 bits per heavy atom. The quantitative estimate of drug-likeness (QED) is 0.474. The molecule has 0 fully saturated rings. The summed E-state index contributed by atoms with van der Waals surface area (Å²) in [4.78, 5) is 0. The van der Waals surface area contributed by atoms with E-state index in [2.05, 4.69) is 13.8 Å². The van der Waals surface area contributed by atoms with Crippen molar-refractivity contribution in [2.45, 2.75) is 33.1 Å². The maximum Gasteiger partial charge on any atom is 0 e. The van der Waals surface area contributed by atoms with Crippen molar-refractivity contribution in [3.8, 4) is 0 Å². The molecule has 0 N–H and O–H groups in total. The van der Waals surface area contributed by atoms with Crippen LogP contribution in [0.3, 0.4) is 0 Å². The van der Waals surface area contributed by atoms with E-state index in [0.717, 1.165) is 0 Å². The van der Waals surface area contributed by atoms with Crippen LogP contribution in [0.1, 0.15) is 36.0 Å². The van der Waals surface area contributed by atoms with Gasteiger partial charge in [0.1, 0.15) is 0 Å². The third-order valence-electron chi connectivity index (χ3n) is 0.707. The first-order valence-electron chi connectivity index (χ1n) is 2.41. The first-order chi connectivity index (χ1) is 2.41. The Balaban J connectivity index is -0.0000000800. The molecule has 0 radical (unpaired) electrons. The van der Waals surface area contributed by atoms with Crippen molar-refractivity contribution < 1.29 is 2.85 Å². The molecule has 0 aliphatic carbocycles. The predicted molar refractivity (Wildman–Crippen MR) is 29.4 cm³/mol. The van der Waals surface area contributed by atoms with Gasteiger partial charge in [-0.15, -0.1) is 0 Å². The van der Waals surface area contributed by atoms with Gasteiger partial charge in [0, 0.05) is 2.85 Å². The Labute approximate surface area is 37.2 Å². The summed E-state index contributed by atoms with van der Waals surface area (Å²) in [6, 6.07) is 0. The Hall–Kier alpha value is 0. The lowest BCUT2D eigenvalue weighted by molar-refractivity contribution is 0.772. The average molecular weight is 76.2 g/mol. The summed E-state index contributed by atoms with van der Waals surface area (Å²) < 4.78 is 0. The van der Waals surface area contributed by atoms with Crippen LogP contribution in [0.5, 0.6) is 0 Å². The zero-order chi connectivity index (χ0) is 4.12. The second kappa shape index (κ2) is 4.00. The van der Waals surface area contributed by atoms with Crippen LogP contribution in [0, 0.1) is 0 Å². The fourth-order valence-corrected chi connectivity index (χ4v) is 0.354. The molecule has 0 unspecified atom stereocenters. The second-order valence-electron chi connectivity index (χ2n) is 1.35. The van der Waals surface area contributed by atoms with Gasteiger partial charge in [0.2, 0.25) is 0 Å². The highest BCUT2D eigenvalue weighted by Crippen LogP contribution is 1.88. The molecule has 0 nitrogen and oxygen atoms in total. The van der Waals surface area contributed by atoms with E-state index >= 15 is 0 Å². The normalized spacial score (nSPS) is 8.40. The lowest BCUT2D eigenvalue weighted by atomic mass is 10.3. The molecule has 0 rings (SSSR count). The van der Waals surface area contributed by atoms with E-state index in [0.29, 0.717) is 0 Å². The molecule has 0 saturated carbocycles. The zero-order valence-corrected chi connectivity index (χ0v) is 4.12. The highest BCUT2D eigenvalue weighted by molar-refractivity contribution is 4.24. The van der Waals surface area contributed by atoms with Crippen LogP contribution >= 0.6 is 0 Å². The van der Waals surface area contributed by atoms with Crippen LogP contribution in [-0.2, 0) is 0 Å². The van der Waals surface area contributed by atoms with Gasteiger partial charge in [-0.3, -0.25) is 0 Å². The molecule has 0 aliphatic rings.